The second kappa shape index (κ2) is 12.8. The van der Waals surface area contributed by atoms with Gasteiger partial charge in [-0.3, -0.25) is 9.69 Å². The second-order valence-electron chi connectivity index (χ2n) is 9.53. The zero-order chi connectivity index (χ0) is 29.7. The number of likely N-dealkylation sites (N-methyl/N-ethyl adjacent to an activating group) is 2. The SMILES string of the molecule is CCN(CCN(C)Cc1nc(N[C@H](C(N)=O)C(C)C)c2ccccc2n1)S(=O)(=O)c1cccc(OC(F)(F)F)c1. The highest BCUT2D eigenvalue weighted by atomic mass is 32.2. The number of carbonyl (C=O) groups excluding carboxylic acids is 1. The van der Waals surface area contributed by atoms with Crippen molar-refractivity contribution >= 4 is 32.7 Å². The van der Waals surface area contributed by atoms with E-state index in [2.05, 4.69) is 20.0 Å². The monoisotopic (exact) mass is 582 g/mol. The molecule has 0 saturated carbocycles. The van der Waals surface area contributed by atoms with E-state index in [0.29, 0.717) is 17.2 Å². The number of aromatic nitrogens is 2. The molecule has 0 saturated heterocycles. The van der Waals surface area contributed by atoms with Crippen LogP contribution in [-0.2, 0) is 21.4 Å². The van der Waals surface area contributed by atoms with Gasteiger partial charge in [-0.1, -0.05) is 39.0 Å². The Hall–Kier alpha value is -3.49. The first-order chi connectivity index (χ1) is 18.7. The summed E-state index contributed by atoms with van der Waals surface area (Å²) in [5.74, 6) is -0.299. The van der Waals surface area contributed by atoms with Gasteiger partial charge in [-0.25, -0.2) is 18.4 Å². The fraction of sp³-hybridized carbons (Fsp3) is 0.423. The number of benzene rings is 2. The van der Waals surface area contributed by atoms with Crippen LogP contribution in [0.15, 0.2) is 53.4 Å². The zero-order valence-corrected chi connectivity index (χ0v) is 23.5. The van der Waals surface area contributed by atoms with E-state index in [9.17, 15) is 26.4 Å². The highest BCUT2D eigenvalue weighted by molar-refractivity contribution is 7.89. The lowest BCUT2D eigenvalue weighted by atomic mass is 10.0. The number of halogens is 3. The third-order valence-corrected chi connectivity index (χ3v) is 8.06. The van der Waals surface area contributed by atoms with E-state index in [0.717, 1.165) is 17.5 Å². The van der Waals surface area contributed by atoms with E-state index in [4.69, 9.17) is 5.73 Å². The van der Waals surface area contributed by atoms with Gasteiger partial charge in [0, 0.05) is 31.1 Å². The standard InChI is InChI=1S/C26H33F3N6O4S/c1-5-35(40(37,38)19-10-8-9-18(15-19)39-26(27,28)29)14-13-34(4)16-22-31-21-12-7-6-11-20(21)25(32-22)33-23(17(2)3)24(30)36/h6-12,15,17,23H,5,13-14,16H2,1-4H3,(H2,30,36)(H,31,32,33)/t23-/m0/s1. The summed E-state index contributed by atoms with van der Waals surface area (Å²) in [6.45, 7) is 6.08. The van der Waals surface area contributed by atoms with Gasteiger partial charge < -0.3 is 15.8 Å². The maximum Gasteiger partial charge on any atom is 0.573 e. The summed E-state index contributed by atoms with van der Waals surface area (Å²) in [5, 5.41) is 3.86. The van der Waals surface area contributed by atoms with Crippen LogP contribution in [0, 0.1) is 5.92 Å². The molecule has 1 amide bonds. The third kappa shape index (κ3) is 8.02. The number of primary amides is 1. The molecule has 0 unspecified atom stereocenters. The molecule has 10 nitrogen and oxygen atoms in total. The molecule has 1 heterocycles. The molecule has 0 aliphatic rings. The van der Waals surface area contributed by atoms with Crippen molar-refractivity contribution in [3.05, 3.63) is 54.4 Å². The van der Waals surface area contributed by atoms with Gasteiger partial charge in [-0.05, 0) is 37.2 Å². The summed E-state index contributed by atoms with van der Waals surface area (Å²) >= 11 is 0. The Kier molecular flexibility index (Phi) is 9.92. The number of para-hydroxylation sites is 1. The Balaban J connectivity index is 1.76. The summed E-state index contributed by atoms with van der Waals surface area (Å²) < 4.78 is 69.2. The van der Waals surface area contributed by atoms with Crippen LogP contribution >= 0.6 is 0 Å². The van der Waals surface area contributed by atoms with Crippen LogP contribution in [0.1, 0.15) is 26.6 Å². The van der Waals surface area contributed by atoms with E-state index >= 15 is 0 Å². The Labute approximate surface area is 231 Å². The Morgan fingerprint density at radius 2 is 1.80 bits per heavy atom. The van der Waals surface area contributed by atoms with Crippen molar-refractivity contribution in [2.75, 3.05) is 32.0 Å². The van der Waals surface area contributed by atoms with Crippen LogP contribution in [0.25, 0.3) is 10.9 Å². The minimum absolute atomic E-state index is 0.0650. The van der Waals surface area contributed by atoms with Gasteiger partial charge in [0.1, 0.15) is 23.4 Å². The Bertz CT molecular complexity index is 1440. The average Bonchev–Trinajstić information content (AvgIpc) is 2.86. The van der Waals surface area contributed by atoms with Crippen LogP contribution in [0.5, 0.6) is 5.75 Å². The van der Waals surface area contributed by atoms with Gasteiger partial charge in [0.2, 0.25) is 15.9 Å². The van der Waals surface area contributed by atoms with E-state index in [1.54, 1.807) is 14.0 Å². The summed E-state index contributed by atoms with van der Waals surface area (Å²) in [7, 11) is -2.32. The van der Waals surface area contributed by atoms with E-state index in [-0.39, 0.29) is 37.0 Å². The highest BCUT2D eigenvalue weighted by Crippen LogP contribution is 2.27. The first-order valence-corrected chi connectivity index (χ1v) is 14.0. The summed E-state index contributed by atoms with van der Waals surface area (Å²) in [5.41, 5.74) is 6.24. The van der Waals surface area contributed by atoms with Crippen LogP contribution in [0.3, 0.4) is 0 Å². The van der Waals surface area contributed by atoms with Crippen LogP contribution in [0.4, 0.5) is 19.0 Å². The number of hydrogen-bond donors (Lipinski definition) is 2. The smallest absolute Gasteiger partial charge is 0.406 e. The predicted octanol–water partition coefficient (Wildman–Crippen LogP) is 3.59. The topological polar surface area (TPSA) is 131 Å². The molecular formula is C26H33F3N6O4S. The molecule has 0 fully saturated rings. The van der Waals surface area contributed by atoms with Crippen molar-refractivity contribution in [2.24, 2.45) is 11.7 Å². The Morgan fingerprint density at radius 3 is 2.42 bits per heavy atom. The molecule has 0 radical (unpaired) electrons. The van der Waals surface area contributed by atoms with Crippen LogP contribution in [0.2, 0.25) is 0 Å². The molecule has 40 heavy (non-hydrogen) atoms. The maximum absolute atomic E-state index is 13.2. The normalized spacial score (nSPS) is 13.2. The van der Waals surface area contributed by atoms with Crippen LogP contribution in [-0.4, -0.2) is 72.6 Å². The van der Waals surface area contributed by atoms with Crippen molar-refractivity contribution in [1.29, 1.82) is 0 Å². The van der Waals surface area contributed by atoms with Gasteiger partial charge in [-0.2, -0.15) is 4.31 Å². The van der Waals surface area contributed by atoms with Crippen LogP contribution < -0.4 is 15.8 Å². The number of nitrogens with one attached hydrogen (secondary N) is 1. The molecule has 0 aliphatic carbocycles. The molecular weight excluding hydrogens is 549 g/mol. The fourth-order valence-corrected chi connectivity index (χ4v) is 5.53. The summed E-state index contributed by atoms with van der Waals surface area (Å²) in [4.78, 5) is 22.7. The lowest BCUT2D eigenvalue weighted by molar-refractivity contribution is -0.274. The van der Waals surface area contributed by atoms with Crippen molar-refractivity contribution in [2.45, 2.75) is 44.6 Å². The number of hydrogen-bond acceptors (Lipinski definition) is 8. The molecule has 3 N–H and O–H groups in total. The molecule has 0 aliphatic heterocycles. The van der Waals surface area contributed by atoms with Gasteiger partial charge in [0.15, 0.2) is 0 Å². The first kappa shape index (κ1) is 31.0. The number of nitrogens with two attached hydrogens (primary N) is 1. The zero-order valence-electron chi connectivity index (χ0n) is 22.6. The van der Waals surface area contributed by atoms with Crippen molar-refractivity contribution < 1.29 is 31.1 Å². The van der Waals surface area contributed by atoms with E-state index in [1.807, 2.05) is 43.0 Å². The highest BCUT2D eigenvalue weighted by Gasteiger charge is 2.32. The average molecular weight is 583 g/mol. The molecule has 0 spiro atoms. The summed E-state index contributed by atoms with van der Waals surface area (Å²) in [6.07, 6.45) is -4.94. The third-order valence-electron chi connectivity index (χ3n) is 6.09. The van der Waals surface area contributed by atoms with E-state index in [1.165, 1.54) is 16.4 Å². The summed E-state index contributed by atoms with van der Waals surface area (Å²) in [6, 6.07) is 11.0. The number of amides is 1. The number of nitrogens with zero attached hydrogens (tertiary/aromatic N) is 4. The molecule has 0 bridgehead atoms. The minimum Gasteiger partial charge on any atom is -0.406 e. The molecule has 1 aromatic heterocycles. The number of sulfonamides is 1. The van der Waals surface area contributed by atoms with Crippen molar-refractivity contribution in [1.82, 2.24) is 19.2 Å². The lowest BCUT2D eigenvalue weighted by Gasteiger charge is -2.24. The number of fused-ring (bicyclic) bond motifs is 1. The number of carbonyl (C=O) groups is 1. The molecule has 3 rings (SSSR count). The number of alkyl halides is 3. The number of rotatable bonds is 13. The van der Waals surface area contributed by atoms with E-state index < -0.39 is 34.1 Å². The molecule has 3 aromatic rings. The molecule has 218 valence electrons. The van der Waals surface area contributed by atoms with Gasteiger partial charge in [-0.15, -0.1) is 13.2 Å². The fourth-order valence-electron chi connectivity index (χ4n) is 4.05. The predicted molar refractivity (Wildman–Crippen MR) is 145 cm³/mol. The second-order valence-corrected chi connectivity index (χ2v) is 11.5. The molecule has 1 atom stereocenters. The largest absolute Gasteiger partial charge is 0.573 e. The molecule has 14 heteroatoms. The van der Waals surface area contributed by atoms with Gasteiger partial charge in [0.05, 0.1) is 17.0 Å². The van der Waals surface area contributed by atoms with Gasteiger partial charge >= 0.3 is 6.36 Å². The van der Waals surface area contributed by atoms with Crippen molar-refractivity contribution in [3.8, 4) is 5.75 Å². The number of ether oxygens (including phenoxy) is 1. The maximum atomic E-state index is 13.2. The minimum atomic E-state index is -4.94. The Morgan fingerprint density at radius 1 is 1.10 bits per heavy atom. The first-order valence-electron chi connectivity index (χ1n) is 12.6. The lowest BCUT2D eigenvalue weighted by Crippen LogP contribution is -2.40. The quantitative estimate of drug-likeness (QED) is 0.313. The van der Waals surface area contributed by atoms with Gasteiger partial charge in [0.25, 0.3) is 0 Å². The molecule has 2 aromatic carbocycles. The van der Waals surface area contributed by atoms with Crippen molar-refractivity contribution in [3.63, 3.8) is 0 Å². The number of anilines is 1.